The Morgan fingerprint density at radius 1 is 1.27 bits per heavy atom. The number of benzene rings is 1. The number of hydrogen-bond donors (Lipinski definition) is 2. The topological polar surface area (TPSA) is 105 Å². The molecule has 2 heterocycles. The second-order valence-electron chi connectivity index (χ2n) is 8.22. The molecule has 8 nitrogen and oxygen atoms in total. The van der Waals surface area contributed by atoms with E-state index in [1.54, 1.807) is 15.9 Å². The van der Waals surface area contributed by atoms with Crippen LogP contribution in [0.2, 0.25) is 0 Å². The van der Waals surface area contributed by atoms with Crippen molar-refractivity contribution in [1.29, 1.82) is 0 Å². The maximum Gasteiger partial charge on any atom is 0.325 e. The number of ether oxygens (including phenoxy) is 1. The minimum Gasteiger partial charge on any atom is -0.491 e. The van der Waals surface area contributed by atoms with Crippen molar-refractivity contribution in [2.45, 2.75) is 39.2 Å². The molecule has 1 spiro atoms. The summed E-state index contributed by atoms with van der Waals surface area (Å²) in [6.07, 6.45) is 0.849. The summed E-state index contributed by atoms with van der Waals surface area (Å²) < 4.78 is 5.65. The monoisotopic (exact) mass is 438 g/mol. The highest BCUT2D eigenvalue weighted by Crippen LogP contribution is 2.35. The second-order valence-corrected chi connectivity index (χ2v) is 8.22. The molecular weight excluding hydrogens is 408 g/mol. The number of carbonyl (C=O) groups excluding carboxylic acids is 3. The van der Waals surface area contributed by atoms with Crippen molar-refractivity contribution >= 4 is 30.3 Å². The van der Waals surface area contributed by atoms with Crippen LogP contribution in [-0.4, -0.2) is 66.0 Å². The first kappa shape index (κ1) is 24.0. The highest BCUT2D eigenvalue weighted by molar-refractivity contribution is 6.07. The first-order chi connectivity index (χ1) is 13.8. The van der Waals surface area contributed by atoms with E-state index < -0.39 is 5.54 Å². The first-order valence-electron chi connectivity index (χ1n) is 10.1. The van der Waals surface area contributed by atoms with Gasteiger partial charge in [-0.25, -0.2) is 4.79 Å². The van der Waals surface area contributed by atoms with Crippen LogP contribution in [0.25, 0.3) is 0 Å². The normalized spacial score (nSPS) is 17.9. The number of carbonyl (C=O) groups is 3. The predicted octanol–water partition coefficient (Wildman–Crippen LogP) is 1.94. The molecule has 30 heavy (non-hydrogen) atoms. The molecule has 0 saturated carbocycles. The van der Waals surface area contributed by atoms with E-state index in [2.05, 4.69) is 5.32 Å². The zero-order valence-electron chi connectivity index (χ0n) is 17.8. The van der Waals surface area contributed by atoms with Crippen LogP contribution in [0.4, 0.5) is 4.79 Å². The van der Waals surface area contributed by atoms with E-state index in [0.29, 0.717) is 56.9 Å². The Kier molecular flexibility index (Phi) is 7.71. The molecule has 2 saturated heterocycles. The Labute approximate surface area is 183 Å². The number of nitrogens with zero attached hydrogens (tertiary/aromatic N) is 2. The molecular formula is C21H31ClN4O4. The minimum atomic E-state index is -0.858. The number of aryl methyl sites for hydroxylation is 1. The largest absolute Gasteiger partial charge is 0.491 e. The summed E-state index contributed by atoms with van der Waals surface area (Å²) in [6.45, 7) is 7.97. The lowest BCUT2D eigenvalue weighted by Crippen LogP contribution is -2.58. The fourth-order valence-electron chi connectivity index (χ4n) is 4.07. The van der Waals surface area contributed by atoms with Gasteiger partial charge in [-0.05, 0) is 37.8 Å². The zero-order chi connectivity index (χ0) is 21.2. The Morgan fingerprint density at radius 2 is 1.93 bits per heavy atom. The van der Waals surface area contributed by atoms with Crippen molar-refractivity contribution in [2.24, 2.45) is 11.7 Å². The van der Waals surface area contributed by atoms with Crippen LogP contribution in [0.5, 0.6) is 5.75 Å². The fraction of sp³-hybridized carbons (Fsp3) is 0.571. The number of rotatable bonds is 6. The smallest absolute Gasteiger partial charge is 0.325 e. The number of piperidine rings is 1. The van der Waals surface area contributed by atoms with Crippen molar-refractivity contribution in [3.63, 3.8) is 0 Å². The van der Waals surface area contributed by atoms with E-state index in [4.69, 9.17) is 10.5 Å². The summed E-state index contributed by atoms with van der Waals surface area (Å²) >= 11 is 0. The summed E-state index contributed by atoms with van der Waals surface area (Å²) in [5, 5.41) is 2.46. The van der Waals surface area contributed by atoms with E-state index >= 15 is 0 Å². The lowest BCUT2D eigenvalue weighted by molar-refractivity contribution is -0.129. The van der Waals surface area contributed by atoms with Crippen LogP contribution in [0.15, 0.2) is 18.2 Å². The SMILES string of the molecule is Cc1ccc(OCCN)c(C(=O)N2CCC3(CC2)C(=O)NC(=O)N3CC(C)C)c1.Cl. The summed E-state index contributed by atoms with van der Waals surface area (Å²) in [5.74, 6) is 0.382. The van der Waals surface area contributed by atoms with E-state index in [-0.39, 0.29) is 36.2 Å². The quantitative estimate of drug-likeness (QED) is 0.660. The zero-order valence-corrected chi connectivity index (χ0v) is 18.6. The molecule has 3 rings (SSSR count). The van der Waals surface area contributed by atoms with Gasteiger partial charge >= 0.3 is 6.03 Å². The molecule has 2 aliphatic rings. The standard InChI is InChI=1S/C21H30N4O4.ClH/c1-14(2)13-25-20(28)23-19(27)21(25)6-9-24(10-7-21)18(26)16-12-15(3)4-5-17(16)29-11-8-22;/h4-5,12,14H,6-11,13,22H2,1-3H3,(H,23,27,28);1H. The molecule has 0 unspecified atom stereocenters. The van der Waals surface area contributed by atoms with Gasteiger partial charge in [0.15, 0.2) is 0 Å². The molecule has 166 valence electrons. The number of imide groups is 1. The van der Waals surface area contributed by atoms with Gasteiger partial charge in [0.1, 0.15) is 17.9 Å². The maximum atomic E-state index is 13.2. The van der Waals surface area contributed by atoms with Gasteiger partial charge in [-0.3, -0.25) is 14.9 Å². The van der Waals surface area contributed by atoms with Crippen LogP contribution in [-0.2, 0) is 4.79 Å². The van der Waals surface area contributed by atoms with Crippen molar-refractivity contribution in [3.8, 4) is 5.75 Å². The molecule has 1 aromatic carbocycles. The van der Waals surface area contributed by atoms with Gasteiger partial charge < -0.3 is 20.3 Å². The third-order valence-corrected chi connectivity index (χ3v) is 5.57. The highest BCUT2D eigenvalue weighted by atomic mass is 35.5. The maximum absolute atomic E-state index is 13.2. The van der Waals surface area contributed by atoms with E-state index in [1.165, 1.54) is 0 Å². The number of nitrogens with one attached hydrogen (secondary N) is 1. The summed E-state index contributed by atoms with van der Waals surface area (Å²) in [4.78, 5) is 41.5. The van der Waals surface area contributed by atoms with Gasteiger partial charge in [-0.1, -0.05) is 25.5 Å². The van der Waals surface area contributed by atoms with Gasteiger partial charge in [-0.15, -0.1) is 12.4 Å². The molecule has 0 bridgehead atoms. The first-order valence-corrected chi connectivity index (χ1v) is 10.1. The van der Waals surface area contributed by atoms with Gasteiger partial charge in [0.2, 0.25) is 0 Å². The molecule has 0 atom stereocenters. The third kappa shape index (κ3) is 4.54. The van der Waals surface area contributed by atoms with Crippen LogP contribution in [0, 0.1) is 12.8 Å². The number of amides is 4. The lowest BCUT2D eigenvalue weighted by atomic mass is 9.85. The predicted molar refractivity (Wildman–Crippen MR) is 116 cm³/mol. The Bertz CT molecular complexity index is 806. The Hall–Kier alpha value is -2.32. The number of likely N-dealkylation sites (tertiary alicyclic amines) is 1. The van der Waals surface area contributed by atoms with Crippen molar-refractivity contribution in [2.75, 3.05) is 32.8 Å². The van der Waals surface area contributed by atoms with Gasteiger partial charge in [0, 0.05) is 26.2 Å². The third-order valence-electron chi connectivity index (χ3n) is 5.57. The van der Waals surface area contributed by atoms with E-state index in [9.17, 15) is 14.4 Å². The van der Waals surface area contributed by atoms with Crippen LogP contribution >= 0.6 is 12.4 Å². The molecule has 2 fully saturated rings. The summed E-state index contributed by atoms with van der Waals surface area (Å²) in [5.41, 5.74) is 6.13. The lowest BCUT2D eigenvalue weighted by Gasteiger charge is -2.42. The van der Waals surface area contributed by atoms with E-state index in [1.807, 2.05) is 32.9 Å². The highest BCUT2D eigenvalue weighted by Gasteiger charge is 2.54. The van der Waals surface area contributed by atoms with Crippen molar-refractivity contribution < 1.29 is 19.1 Å². The molecule has 0 radical (unpaired) electrons. The van der Waals surface area contributed by atoms with Gasteiger partial charge in [-0.2, -0.15) is 0 Å². The molecule has 2 aliphatic heterocycles. The summed E-state index contributed by atoms with van der Waals surface area (Å²) in [7, 11) is 0. The van der Waals surface area contributed by atoms with Crippen molar-refractivity contribution in [1.82, 2.24) is 15.1 Å². The van der Waals surface area contributed by atoms with Gasteiger partial charge in [0.25, 0.3) is 11.8 Å². The van der Waals surface area contributed by atoms with Crippen LogP contribution in [0.3, 0.4) is 0 Å². The number of urea groups is 1. The minimum absolute atomic E-state index is 0. The Balaban J connectivity index is 0.00000320. The number of halogens is 1. The summed E-state index contributed by atoms with van der Waals surface area (Å²) in [6, 6.07) is 5.16. The van der Waals surface area contributed by atoms with Crippen LogP contribution in [0.1, 0.15) is 42.6 Å². The van der Waals surface area contributed by atoms with E-state index in [0.717, 1.165) is 5.56 Å². The average Bonchev–Trinajstić information content (AvgIpc) is 2.90. The van der Waals surface area contributed by atoms with Gasteiger partial charge in [0.05, 0.1) is 5.56 Å². The number of hydrogen-bond acceptors (Lipinski definition) is 5. The van der Waals surface area contributed by atoms with Crippen molar-refractivity contribution in [3.05, 3.63) is 29.3 Å². The van der Waals surface area contributed by atoms with Crippen LogP contribution < -0.4 is 15.8 Å². The number of nitrogens with two attached hydrogens (primary N) is 1. The average molecular weight is 439 g/mol. The second kappa shape index (κ2) is 9.66. The molecule has 9 heteroatoms. The Morgan fingerprint density at radius 3 is 2.53 bits per heavy atom. The molecule has 0 aliphatic carbocycles. The molecule has 4 amide bonds. The molecule has 3 N–H and O–H groups in total. The fourth-order valence-corrected chi connectivity index (χ4v) is 4.07. The molecule has 0 aromatic heterocycles. The molecule has 1 aromatic rings.